The van der Waals surface area contributed by atoms with Crippen molar-refractivity contribution in [2.75, 3.05) is 13.7 Å². The normalized spacial score (nSPS) is 21.5. The Kier molecular flexibility index (Phi) is 2.44. The van der Waals surface area contributed by atoms with Crippen LogP contribution < -0.4 is 4.74 Å². The Balaban J connectivity index is 2.26. The lowest BCUT2D eigenvalue weighted by atomic mass is 9.84. The fourth-order valence-corrected chi connectivity index (χ4v) is 2.34. The van der Waals surface area contributed by atoms with E-state index >= 15 is 0 Å². The van der Waals surface area contributed by atoms with Crippen molar-refractivity contribution in [3.63, 3.8) is 0 Å². The molecule has 6 nitrogen and oxygen atoms in total. The summed E-state index contributed by atoms with van der Waals surface area (Å²) in [5.41, 5.74) is 0.00280. The first-order chi connectivity index (χ1) is 9.04. The molecule has 0 amide bonds. The fraction of sp³-hybridized carbons (Fsp3) is 0.231. The predicted octanol–water partition coefficient (Wildman–Crippen LogP) is 0.425. The summed E-state index contributed by atoms with van der Waals surface area (Å²) in [7, 11) is 1.38. The van der Waals surface area contributed by atoms with Crippen molar-refractivity contribution in [1.29, 1.82) is 0 Å². The fourth-order valence-electron chi connectivity index (χ4n) is 2.34. The predicted molar refractivity (Wildman–Crippen MR) is 62.3 cm³/mol. The van der Waals surface area contributed by atoms with E-state index in [1.54, 1.807) is 0 Å². The van der Waals surface area contributed by atoms with Crippen molar-refractivity contribution >= 4 is 11.6 Å². The highest BCUT2D eigenvalue weighted by Crippen LogP contribution is 2.38. The number of aliphatic hydroxyl groups is 1. The first-order valence-electron chi connectivity index (χ1n) is 5.57. The van der Waals surface area contributed by atoms with Crippen LogP contribution >= 0.6 is 0 Å². The third kappa shape index (κ3) is 1.50. The van der Waals surface area contributed by atoms with Crippen LogP contribution in [-0.4, -0.2) is 41.8 Å². The van der Waals surface area contributed by atoms with Gasteiger partial charge in [0.25, 0.3) is 0 Å². The molecular weight excluding hydrogens is 252 g/mol. The molecule has 0 saturated heterocycles. The van der Waals surface area contributed by atoms with Crippen LogP contribution in [-0.2, 0) is 4.74 Å². The highest BCUT2D eigenvalue weighted by atomic mass is 16.6. The minimum atomic E-state index is -1.40. The van der Waals surface area contributed by atoms with E-state index in [1.165, 1.54) is 19.2 Å². The average molecular weight is 262 g/mol. The number of ketones is 2. The average Bonchev–Trinajstić information content (AvgIpc) is 2.77. The van der Waals surface area contributed by atoms with Gasteiger partial charge in [0.15, 0.2) is 17.9 Å². The molecule has 2 aliphatic rings. The number of hydrogen-bond acceptors (Lipinski definition) is 6. The van der Waals surface area contributed by atoms with Crippen LogP contribution in [0.2, 0.25) is 0 Å². The highest BCUT2D eigenvalue weighted by Gasteiger charge is 2.41. The molecule has 0 radical (unpaired) electrons. The zero-order chi connectivity index (χ0) is 13.7. The molecule has 0 bridgehead atoms. The molecule has 0 fully saturated rings. The maximum atomic E-state index is 12.3. The van der Waals surface area contributed by atoms with Gasteiger partial charge in [-0.15, -0.1) is 0 Å². The Morgan fingerprint density at radius 1 is 1.32 bits per heavy atom. The maximum absolute atomic E-state index is 12.3. The number of phenolic OH excluding ortho intramolecular Hbond substituents is 1. The Bertz CT molecular complexity index is 643. The smallest absolute Gasteiger partial charge is 0.196 e. The number of phenols is 1. The summed E-state index contributed by atoms with van der Waals surface area (Å²) in [4.78, 5) is 24.5. The minimum absolute atomic E-state index is 0.0187. The van der Waals surface area contributed by atoms with Crippen LogP contribution in [0.5, 0.6) is 11.5 Å². The van der Waals surface area contributed by atoms with Gasteiger partial charge >= 0.3 is 0 Å². The second-order valence-corrected chi connectivity index (χ2v) is 4.28. The van der Waals surface area contributed by atoms with E-state index in [9.17, 15) is 19.8 Å². The van der Waals surface area contributed by atoms with Gasteiger partial charge in [0, 0.05) is 17.2 Å². The zero-order valence-electron chi connectivity index (χ0n) is 9.97. The number of methoxy groups -OCH3 is 1. The van der Waals surface area contributed by atoms with Gasteiger partial charge in [0.1, 0.15) is 11.5 Å². The SMILES string of the molecule is COc1cc(O)c2c(c1)C(=O)C1=C(CO[C@H]1O)C2=O. The summed E-state index contributed by atoms with van der Waals surface area (Å²) in [6, 6.07) is 2.63. The van der Waals surface area contributed by atoms with Gasteiger partial charge in [-0.1, -0.05) is 0 Å². The van der Waals surface area contributed by atoms with Crippen molar-refractivity contribution in [3.05, 3.63) is 34.4 Å². The number of aromatic hydroxyl groups is 1. The summed E-state index contributed by atoms with van der Waals surface area (Å²) >= 11 is 0. The molecule has 6 heteroatoms. The van der Waals surface area contributed by atoms with Crippen LogP contribution in [0.25, 0.3) is 0 Å². The summed E-state index contributed by atoms with van der Waals surface area (Å²) in [5.74, 6) is -1.08. The number of fused-ring (bicyclic) bond motifs is 1. The number of ether oxygens (including phenoxy) is 2. The highest BCUT2D eigenvalue weighted by molar-refractivity contribution is 6.28. The van der Waals surface area contributed by atoms with E-state index in [4.69, 9.17) is 9.47 Å². The molecule has 1 aliphatic heterocycles. The van der Waals surface area contributed by atoms with E-state index < -0.39 is 17.9 Å². The zero-order valence-corrected chi connectivity index (χ0v) is 9.97. The Labute approximate surface area is 107 Å². The molecule has 1 aromatic carbocycles. The quantitative estimate of drug-likeness (QED) is 0.762. The van der Waals surface area contributed by atoms with Crippen molar-refractivity contribution in [1.82, 2.24) is 0 Å². The van der Waals surface area contributed by atoms with Gasteiger partial charge in [0.05, 0.1) is 24.9 Å². The van der Waals surface area contributed by atoms with Gasteiger partial charge in [0.2, 0.25) is 0 Å². The van der Waals surface area contributed by atoms with Crippen molar-refractivity contribution in [3.8, 4) is 11.5 Å². The maximum Gasteiger partial charge on any atom is 0.196 e. The van der Waals surface area contributed by atoms with Crippen molar-refractivity contribution in [2.45, 2.75) is 6.29 Å². The number of aliphatic hydroxyl groups excluding tert-OH is 1. The molecule has 2 N–H and O–H groups in total. The minimum Gasteiger partial charge on any atom is -0.507 e. The third-order valence-electron chi connectivity index (χ3n) is 3.27. The standard InChI is InChI=1S/C13H10O6/c1-18-5-2-6-9(8(14)3-5)12(16)7-4-19-13(17)10(7)11(6)15/h2-3,13-14,17H,4H2,1H3/t13-/m1/s1. The Morgan fingerprint density at radius 2 is 2.05 bits per heavy atom. The lowest BCUT2D eigenvalue weighted by Crippen LogP contribution is -2.24. The summed E-state index contributed by atoms with van der Waals surface area (Å²) in [5, 5.41) is 19.5. The van der Waals surface area contributed by atoms with Crippen LogP contribution in [0.4, 0.5) is 0 Å². The van der Waals surface area contributed by atoms with Crippen LogP contribution in [0.3, 0.4) is 0 Å². The molecule has 3 rings (SSSR count). The Morgan fingerprint density at radius 3 is 2.74 bits per heavy atom. The number of rotatable bonds is 1. The molecule has 1 aliphatic carbocycles. The van der Waals surface area contributed by atoms with Crippen LogP contribution in [0, 0.1) is 0 Å². The van der Waals surface area contributed by atoms with E-state index in [2.05, 4.69) is 0 Å². The van der Waals surface area contributed by atoms with Gasteiger partial charge in [-0.25, -0.2) is 0 Å². The van der Waals surface area contributed by atoms with Crippen LogP contribution in [0.15, 0.2) is 23.3 Å². The van der Waals surface area contributed by atoms with Crippen molar-refractivity contribution < 1.29 is 29.3 Å². The van der Waals surface area contributed by atoms with Crippen molar-refractivity contribution in [2.24, 2.45) is 0 Å². The lowest BCUT2D eigenvalue weighted by Gasteiger charge is -2.18. The third-order valence-corrected chi connectivity index (χ3v) is 3.27. The monoisotopic (exact) mass is 262 g/mol. The van der Waals surface area contributed by atoms with E-state index in [0.717, 1.165) is 0 Å². The number of benzene rings is 1. The molecule has 0 aromatic heterocycles. The topological polar surface area (TPSA) is 93.1 Å². The second-order valence-electron chi connectivity index (χ2n) is 4.28. The molecule has 0 saturated carbocycles. The largest absolute Gasteiger partial charge is 0.507 e. The molecule has 98 valence electrons. The first-order valence-corrected chi connectivity index (χ1v) is 5.57. The van der Waals surface area contributed by atoms with E-state index in [-0.39, 0.29) is 40.4 Å². The van der Waals surface area contributed by atoms with Gasteiger partial charge in [-0.05, 0) is 6.07 Å². The van der Waals surface area contributed by atoms with Gasteiger partial charge < -0.3 is 19.7 Å². The summed E-state index contributed by atoms with van der Waals surface area (Å²) in [6.07, 6.45) is -1.40. The number of Topliss-reactive ketones (excluding diaryl/α,β-unsaturated/α-hetero) is 2. The molecule has 0 spiro atoms. The second kappa shape index (κ2) is 3.91. The molecule has 19 heavy (non-hydrogen) atoms. The van der Waals surface area contributed by atoms with Gasteiger partial charge in [-0.3, -0.25) is 9.59 Å². The first kappa shape index (κ1) is 11.9. The number of hydrogen-bond donors (Lipinski definition) is 2. The lowest BCUT2D eigenvalue weighted by molar-refractivity contribution is -0.0447. The number of carbonyl (C=O) groups is 2. The summed E-state index contributed by atoms with van der Waals surface area (Å²) in [6.45, 7) is -0.133. The summed E-state index contributed by atoms with van der Waals surface area (Å²) < 4.78 is 9.84. The number of carbonyl (C=O) groups excluding carboxylic acids is 2. The van der Waals surface area contributed by atoms with E-state index in [0.29, 0.717) is 0 Å². The van der Waals surface area contributed by atoms with Crippen LogP contribution in [0.1, 0.15) is 20.7 Å². The molecule has 1 heterocycles. The van der Waals surface area contributed by atoms with E-state index in [1.807, 2.05) is 0 Å². The molecule has 0 unspecified atom stereocenters. The molecule has 1 atom stereocenters. The molecule has 1 aromatic rings. The molecular formula is C13H10O6. The van der Waals surface area contributed by atoms with Gasteiger partial charge in [-0.2, -0.15) is 0 Å². The Hall–Kier alpha value is -2.18.